The number of benzene rings is 1. The molecule has 0 saturated carbocycles. The molecule has 3 nitrogen and oxygen atoms in total. The highest BCUT2D eigenvalue weighted by atomic mass is 127. The van der Waals surface area contributed by atoms with Crippen LogP contribution in [0.3, 0.4) is 0 Å². The lowest BCUT2D eigenvalue weighted by Crippen LogP contribution is -2.18. The summed E-state index contributed by atoms with van der Waals surface area (Å²) in [6, 6.07) is 8.35. The predicted molar refractivity (Wildman–Crippen MR) is 92.7 cm³/mol. The molecular weight excluding hydrogens is 361 g/mol. The zero-order chi connectivity index (χ0) is 14.9. The Morgan fingerprint density at radius 1 is 1.10 bits per heavy atom. The first kappa shape index (κ1) is 15.2. The van der Waals surface area contributed by atoms with Gasteiger partial charge in [0.05, 0.1) is 9.26 Å². The van der Waals surface area contributed by atoms with Crippen molar-refractivity contribution in [2.75, 3.05) is 5.73 Å². The Balaban J connectivity index is 2.54. The summed E-state index contributed by atoms with van der Waals surface area (Å²) in [6.45, 7) is 8.56. The highest BCUT2D eigenvalue weighted by Gasteiger charge is 2.22. The molecule has 0 radical (unpaired) electrons. The van der Waals surface area contributed by atoms with E-state index < -0.39 is 0 Å². The van der Waals surface area contributed by atoms with Crippen LogP contribution in [0.5, 0.6) is 0 Å². The number of nitrogens with two attached hydrogens (primary N) is 1. The summed E-state index contributed by atoms with van der Waals surface area (Å²) < 4.78 is 0.948. The SMILES string of the molecule is CCc1ccc(-c2nc(N)c(I)c(C(C)(C)C)n2)cc1. The summed E-state index contributed by atoms with van der Waals surface area (Å²) in [4.78, 5) is 9.16. The molecule has 1 heterocycles. The summed E-state index contributed by atoms with van der Waals surface area (Å²) in [6.07, 6.45) is 1.03. The summed E-state index contributed by atoms with van der Waals surface area (Å²) >= 11 is 2.23. The van der Waals surface area contributed by atoms with Gasteiger partial charge in [0.15, 0.2) is 5.82 Å². The zero-order valence-electron chi connectivity index (χ0n) is 12.4. The Morgan fingerprint density at radius 2 is 1.70 bits per heavy atom. The third kappa shape index (κ3) is 3.11. The third-order valence-electron chi connectivity index (χ3n) is 3.21. The van der Waals surface area contributed by atoms with Crippen LogP contribution in [0.4, 0.5) is 5.82 Å². The van der Waals surface area contributed by atoms with E-state index in [1.807, 2.05) is 0 Å². The minimum Gasteiger partial charge on any atom is -0.383 e. The van der Waals surface area contributed by atoms with Crippen LogP contribution in [0.2, 0.25) is 0 Å². The van der Waals surface area contributed by atoms with Crippen molar-refractivity contribution >= 4 is 28.4 Å². The Labute approximate surface area is 134 Å². The van der Waals surface area contributed by atoms with Gasteiger partial charge in [-0.2, -0.15) is 0 Å². The average Bonchev–Trinajstić information content (AvgIpc) is 2.40. The molecular formula is C16H20IN3. The molecule has 0 fully saturated rings. The number of anilines is 1. The number of halogens is 1. The molecule has 0 spiro atoms. The lowest BCUT2D eigenvalue weighted by molar-refractivity contribution is 0.564. The first-order valence-corrected chi connectivity index (χ1v) is 7.83. The summed E-state index contributed by atoms with van der Waals surface area (Å²) in [5.41, 5.74) is 9.32. The van der Waals surface area contributed by atoms with Crippen LogP contribution in [0.1, 0.15) is 39.0 Å². The molecule has 0 amide bonds. The minimum absolute atomic E-state index is 0.0499. The molecule has 2 rings (SSSR count). The molecule has 0 aliphatic heterocycles. The van der Waals surface area contributed by atoms with Crippen molar-refractivity contribution in [1.29, 1.82) is 0 Å². The molecule has 2 N–H and O–H groups in total. The molecule has 0 aliphatic carbocycles. The lowest BCUT2D eigenvalue weighted by Gasteiger charge is -2.21. The number of rotatable bonds is 2. The molecule has 1 aromatic heterocycles. The second-order valence-corrected chi connectivity index (χ2v) is 6.97. The Morgan fingerprint density at radius 3 is 2.20 bits per heavy atom. The lowest BCUT2D eigenvalue weighted by atomic mass is 9.91. The fourth-order valence-corrected chi connectivity index (χ4v) is 3.03. The van der Waals surface area contributed by atoms with E-state index in [2.05, 4.69) is 79.5 Å². The summed E-state index contributed by atoms with van der Waals surface area (Å²) in [7, 11) is 0. The van der Waals surface area contributed by atoms with Gasteiger partial charge in [-0.15, -0.1) is 0 Å². The molecule has 20 heavy (non-hydrogen) atoms. The van der Waals surface area contributed by atoms with Gasteiger partial charge in [-0.25, -0.2) is 9.97 Å². The number of aromatic nitrogens is 2. The second kappa shape index (κ2) is 5.68. The van der Waals surface area contributed by atoms with Crippen LogP contribution < -0.4 is 5.73 Å². The maximum absolute atomic E-state index is 6.05. The number of nitrogen functional groups attached to an aromatic ring is 1. The molecule has 0 atom stereocenters. The monoisotopic (exact) mass is 381 g/mol. The fraction of sp³-hybridized carbons (Fsp3) is 0.375. The maximum Gasteiger partial charge on any atom is 0.161 e. The van der Waals surface area contributed by atoms with Crippen LogP contribution in [0.25, 0.3) is 11.4 Å². The van der Waals surface area contributed by atoms with Crippen molar-refractivity contribution in [3.63, 3.8) is 0 Å². The highest BCUT2D eigenvalue weighted by molar-refractivity contribution is 14.1. The van der Waals surface area contributed by atoms with Gasteiger partial charge < -0.3 is 5.73 Å². The van der Waals surface area contributed by atoms with E-state index in [-0.39, 0.29) is 5.41 Å². The third-order valence-corrected chi connectivity index (χ3v) is 4.27. The highest BCUT2D eigenvalue weighted by Crippen LogP contribution is 2.30. The van der Waals surface area contributed by atoms with Gasteiger partial charge in [0.25, 0.3) is 0 Å². The molecule has 106 valence electrons. The van der Waals surface area contributed by atoms with Crippen LogP contribution in [0.15, 0.2) is 24.3 Å². The van der Waals surface area contributed by atoms with Crippen molar-refractivity contribution in [3.05, 3.63) is 39.1 Å². The summed E-state index contributed by atoms with van der Waals surface area (Å²) in [5.74, 6) is 1.26. The fourth-order valence-electron chi connectivity index (χ4n) is 1.98. The van der Waals surface area contributed by atoms with Gasteiger partial charge in [0.1, 0.15) is 5.82 Å². The number of hydrogen-bond acceptors (Lipinski definition) is 3. The van der Waals surface area contributed by atoms with E-state index in [0.717, 1.165) is 21.2 Å². The van der Waals surface area contributed by atoms with Crippen molar-refractivity contribution in [2.45, 2.75) is 39.5 Å². The molecule has 0 unspecified atom stereocenters. The standard InChI is InChI=1S/C16H20IN3/c1-5-10-6-8-11(9-7-10)15-19-13(16(2,3)4)12(17)14(18)20-15/h6-9H,5H2,1-4H3,(H2,18,19,20). The van der Waals surface area contributed by atoms with E-state index in [4.69, 9.17) is 10.7 Å². The normalized spacial score (nSPS) is 11.7. The van der Waals surface area contributed by atoms with E-state index in [1.165, 1.54) is 5.56 Å². The van der Waals surface area contributed by atoms with Gasteiger partial charge in [-0.3, -0.25) is 0 Å². The van der Waals surface area contributed by atoms with Crippen LogP contribution in [-0.4, -0.2) is 9.97 Å². The quantitative estimate of drug-likeness (QED) is 0.794. The largest absolute Gasteiger partial charge is 0.383 e. The van der Waals surface area contributed by atoms with Gasteiger partial charge in [0.2, 0.25) is 0 Å². The van der Waals surface area contributed by atoms with Crippen molar-refractivity contribution in [2.24, 2.45) is 0 Å². The number of nitrogens with zero attached hydrogens (tertiary/aromatic N) is 2. The van der Waals surface area contributed by atoms with Crippen LogP contribution in [0, 0.1) is 3.57 Å². The molecule has 1 aromatic carbocycles. The first-order valence-electron chi connectivity index (χ1n) is 6.75. The van der Waals surface area contributed by atoms with Crippen molar-refractivity contribution in [1.82, 2.24) is 9.97 Å². The van der Waals surface area contributed by atoms with Crippen molar-refractivity contribution < 1.29 is 0 Å². The Bertz CT molecular complexity index is 613. The minimum atomic E-state index is -0.0499. The maximum atomic E-state index is 6.05. The summed E-state index contributed by atoms with van der Waals surface area (Å²) in [5, 5.41) is 0. The van der Waals surface area contributed by atoms with Crippen LogP contribution in [-0.2, 0) is 11.8 Å². The molecule has 4 heteroatoms. The van der Waals surface area contributed by atoms with Gasteiger partial charge in [0, 0.05) is 11.0 Å². The van der Waals surface area contributed by atoms with E-state index in [9.17, 15) is 0 Å². The predicted octanol–water partition coefficient (Wildman–Crippen LogP) is 4.19. The number of hydrogen-bond donors (Lipinski definition) is 1. The van der Waals surface area contributed by atoms with Gasteiger partial charge in [-0.05, 0) is 34.6 Å². The average molecular weight is 381 g/mol. The van der Waals surface area contributed by atoms with E-state index >= 15 is 0 Å². The topological polar surface area (TPSA) is 51.8 Å². The van der Waals surface area contributed by atoms with Crippen LogP contribution >= 0.6 is 22.6 Å². The van der Waals surface area contributed by atoms with Gasteiger partial charge >= 0.3 is 0 Å². The molecule has 0 bridgehead atoms. The Kier molecular flexibility index (Phi) is 4.32. The number of aryl methyl sites for hydroxylation is 1. The first-order chi connectivity index (χ1) is 9.32. The molecule has 0 aliphatic rings. The molecule has 0 saturated heterocycles. The zero-order valence-corrected chi connectivity index (χ0v) is 14.5. The molecule has 2 aromatic rings. The Hall–Kier alpha value is -1.17. The van der Waals surface area contributed by atoms with Gasteiger partial charge in [-0.1, -0.05) is 52.0 Å². The smallest absolute Gasteiger partial charge is 0.161 e. The second-order valence-electron chi connectivity index (χ2n) is 5.90. The van der Waals surface area contributed by atoms with Crippen molar-refractivity contribution in [3.8, 4) is 11.4 Å². The van der Waals surface area contributed by atoms with E-state index in [1.54, 1.807) is 0 Å². The van der Waals surface area contributed by atoms with E-state index in [0.29, 0.717) is 11.6 Å².